The Morgan fingerprint density at radius 2 is 1.69 bits per heavy atom. The van der Waals surface area contributed by atoms with E-state index in [2.05, 4.69) is 60.8 Å². The zero-order chi connectivity index (χ0) is 9.26. The number of halogens is 2. The maximum Gasteiger partial charge on any atom is 0.0265 e. The molecule has 0 bridgehead atoms. The van der Waals surface area contributed by atoms with Crippen molar-refractivity contribution in [3.05, 3.63) is 44.0 Å². The lowest BCUT2D eigenvalue weighted by Crippen LogP contribution is -1.78. The zero-order valence-corrected chi connectivity index (χ0v) is 10.6. The van der Waals surface area contributed by atoms with Gasteiger partial charge in [-0.2, -0.15) is 11.3 Å². The lowest BCUT2D eigenvalue weighted by Gasteiger charge is -2.04. The molecule has 1 heterocycles. The predicted molar refractivity (Wildman–Crippen MR) is 65.2 cm³/mol. The van der Waals surface area contributed by atoms with Gasteiger partial charge in [-0.05, 0) is 34.5 Å². The fourth-order valence-electron chi connectivity index (χ4n) is 1.18. The number of hydrogen-bond donors (Lipinski definition) is 0. The van der Waals surface area contributed by atoms with Crippen molar-refractivity contribution in [2.45, 2.75) is 0 Å². The Morgan fingerprint density at radius 1 is 1.00 bits per heavy atom. The molecule has 0 aliphatic rings. The smallest absolute Gasteiger partial charge is 0.0265 e. The SMILES string of the molecule is Brc1cccc(Br)c1-c1ccsc1. The fourth-order valence-corrected chi connectivity index (χ4v) is 3.28. The molecule has 0 radical (unpaired) electrons. The Kier molecular flexibility index (Phi) is 2.86. The van der Waals surface area contributed by atoms with Gasteiger partial charge in [0.1, 0.15) is 0 Å². The van der Waals surface area contributed by atoms with Gasteiger partial charge in [-0.3, -0.25) is 0 Å². The summed E-state index contributed by atoms with van der Waals surface area (Å²) in [6, 6.07) is 8.25. The van der Waals surface area contributed by atoms with Gasteiger partial charge in [-0.15, -0.1) is 0 Å². The molecule has 0 atom stereocenters. The van der Waals surface area contributed by atoms with Crippen LogP contribution in [0.4, 0.5) is 0 Å². The summed E-state index contributed by atoms with van der Waals surface area (Å²) in [5.41, 5.74) is 2.48. The molecule has 0 fully saturated rings. The van der Waals surface area contributed by atoms with Crippen molar-refractivity contribution in [2.24, 2.45) is 0 Å². The van der Waals surface area contributed by atoms with E-state index in [0.717, 1.165) is 8.95 Å². The minimum atomic E-state index is 1.13. The summed E-state index contributed by atoms with van der Waals surface area (Å²) in [6.45, 7) is 0. The van der Waals surface area contributed by atoms with E-state index in [9.17, 15) is 0 Å². The summed E-state index contributed by atoms with van der Waals surface area (Å²) in [5.74, 6) is 0. The lowest BCUT2D eigenvalue weighted by molar-refractivity contribution is 1.58. The van der Waals surface area contributed by atoms with Gasteiger partial charge in [0.05, 0.1) is 0 Å². The molecule has 1 aromatic heterocycles. The van der Waals surface area contributed by atoms with Gasteiger partial charge in [0, 0.05) is 14.5 Å². The molecule has 0 amide bonds. The van der Waals surface area contributed by atoms with Crippen LogP contribution in [0.2, 0.25) is 0 Å². The van der Waals surface area contributed by atoms with Crippen LogP contribution in [0.5, 0.6) is 0 Å². The molecule has 0 N–H and O–H groups in total. The summed E-state index contributed by atoms with van der Waals surface area (Å²) in [7, 11) is 0. The molecule has 3 heteroatoms. The summed E-state index contributed by atoms with van der Waals surface area (Å²) in [6.07, 6.45) is 0. The summed E-state index contributed by atoms with van der Waals surface area (Å²) >= 11 is 8.80. The molecule has 0 spiro atoms. The molecule has 0 aliphatic carbocycles. The summed E-state index contributed by atoms with van der Waals surface area (Å²) in [4.78, 5) is 0. The minimum Gasteiger partial charge on any atom is -0.152 e. The third-order valence-electron chi connectivity index (χ3n) is 1.77. The Bertz CT molecular complexity index is 387. The van der Waals surface area contributed by atoms with Gasteiger partial charge in [0.15, 0.2) is 0 Å². The Morgan fingerprint density at radius 3 is 2.23 bits per heavy atom. The third kappa shape index (κ3) is 1.87. The topological polar surface area (TPSA) is 0 Å². The highest BCUT2D eigenvalue weighted by atomic mass is 79.9. The van der Waals surface area contributed by atoms with E-state index in [1.54, 1.807) is 11.3 Å². The predicted octanol–water partition coefficient (Wildman–Crippen LogP) is 4.94. The van der Waals surface area contributed by atoms with E-state index in [1.165, 1.54) is 11.1 Å². The van der Waals surface area contributed by atoms with Crippen LogP contribution in [0.25, 0.3) is 11.1 Å². The van der Waals surface area contributed by atoms with E-state index in [1.807, 2.05) is 6.07 Å². The minimum absolute atomic E-state index is 1.13. The van der Waals surface area contributed by atoms with Crippen LogP contribution in [0.1, 0.15) is 0 Å². The average molecular weight is 318 g/mol. The van der Waals surface area contributed by atoms with E-state index < -0.39 is 0 Å². The molecule has 13 heavy (non-hydrogen) atoms. The molecule has 0 unspecified atom stereocenters. The highest BCUT2D eigenvalue weighted by molar-refractivity contribution is 9.11. The monoisotopic (exact) mass is 316 g/mol. The highest BCUT2D eigenvalue weighted by Crippen LogP contribution is 2.35. The molecule has 0 saturated heterocycles. The number of rotatable bonds is 1. The Balaban J connectivity index is 2.64. The van der Waals surface area contributed by atoms with Crippen LogP contribution >= 0.6 is 43.2 Å². The van der Waals surface area contributed by atoms with Crippen molar-refractivity contribution in [2.75, 3.05) is 0 Å². The maximum atomic E-state index is 3.54. The van der Waals surface area contributed by atoms with Crippen LogP contribution in [0.15, 0.2) is 44.0 Å². The third-order valence-corrected chi connectivity index (χ3v) is 3.78. The first-order valence-electron chi connectivity index (χ1n) is 3.75. The van der Waals surface area contributed by atoms with Gasteiger partial charge in [-0.1, -0.05) is 37.9 Å². The first-order chi connectivity index (χ1) is 6.29. The van der Waals surface area contributed by atoms with Gasteiger partial charge in [-0.25, -0.2) is 0 Å². The molecule has 0 saturated carbocycles. The van der Waals surface area contributed by atoms with E-state index in [-0.39, 0.29) is 0 Å². The van der Waals surface area contributed by atoms with Gasteiger partial charge in [0.25, 0.3) is 0 Å². The van der Waals surface area contributed by atoms with Crippen LogP contribution in [0.3, 0.4) is 0 Å². The van der Waals surface area contributed by atoms with Gasteiger partial charge in [0.2, 0.25) is 0 Å². The first kappa shape index (κ1) is 9.44. The summed E-state index contributed by atoms with van der Waals surface area (Å²) in [5, 5.41) is 4.23. The largest absolute Gasteiger partial charge is 0.152 e. The van der Waals surface area contributed by atoms with Gasteiger partial charge < -0.3 is 0 Å². The second-order valence-corrected chi connectivity index (χ2v) is 5.10. The average Bonchev–Trinajstić information content (AvgIpc) is 2.57. The quantitative estimate of drug-likeness (QED) is 0.699. The number of hydrogen-bond acceptors (Lipinski definition) is 1. The van der Waals surface area contributed by atoms with Crippen molar-refractivity contribution in [1.82, 2.24) is 0 Å². The van der Waals surface area contributed by atoms with E-state index in [4.69, 9.17) is 0 Å². The molecular weight excluding hydrogens is 312 g/mol. The van der Waals surface area contributed by atoms with Gasteiger partial charge >= 0.3 is 0 Å². The van der Waals surface area contributed by atoms with Crippen molar-refractivity contribution >= 4 is 43.2 Å². The Labute approximate surface area is 97.9 Å². The molecule has 66 valence electrons. The molecule has 2 aromatic rings. The van der Waals surface area contributed by atoms with Crippen LogP contribution in [0, 0.1) is 0 Å². The first-order valence-corrected chi connectivity index (χ1v) is 6.28. The zero-order valence-electron chi connectivity index (χ0n) is 6.63. The van der Waals surface area contributed by atoms with Crippen molar-refractivity contribution in [1.29, 1.82) is 0 Å². The highest BCUT2D eigenvalue weighted by Gasteiger charge is 2.06. The molecule has 1 aromatic carbocycles. The summed E-state index contributed by atoms with van der Waals surface area (Å²) < 4.78 is 2.25. The number of thiophene rings is 1. The Hall–Kier alpha value is -0.120. The van der Waals surface area contributed by atoms with E-state index >= 15 is 0 Å². The van der Waals surface area contributed by atoms with Crippen molar-refractivity contribution < 1.29 is 0 Å². The normalized spacial score (nSPS) is 10.3. The van der Waals surface area contributed by atoms with Crippen molar-refractivity contribution in [3.63, 3.8) is 0 Å². The standard InChI is InChI=1S/C10H6Br2S/c11-8-2-1-3-9(12)10(8)7-4-5-13-6-7/h1-6H. The van der Waals surface area contributed by atoms with Crippen LogP contribution in [-0.4, -0.2) is 0 Å². The van der Waals surface area contributed by atoms with E-state index in [0.29, 0.717) is 0 Å². The van der Waals surface area contributed by atoms with Crippen LogP contribution < -0.4 is 0 Å². The maximum absolute atomic E-state index is 3.54. The van der Waals surface area contributed by atoms with Crippen LogP contribution in [-0.2, 0) is 0 Å². The molecule has 0 nitrogen and oxygen atoms in total. The molecular formula is C10H6Br2S. The number of benzene rings is 1. The molecule has 2 rings (SSSR count). The second kappa shape index (κ2) is 3.95. The fraction of sp³-hybridized carbons (Fsp3) is 0. The van der Waals surface area contributed by atoms with Crippen molar-refractivity contribution in [3.8, 4) is 11.1 Å². The second-order valence-electron chi connectivity index (χ2n) is 2.61. The molecule has 0 aliphatic heterocycles. The lowest BCUT2D eigenvalue weighted by atomic mass is 10.1.